The lowest BCUT2D eigenvalue weighted by molar-refractivity contribution is -0.136. The molecule has 0 aliphatic carbocycles. The number of hydrogen-bond acceptors (Lipinski definition) is 2. The summed E-state index contributed by atoms with van der Waals surface area (Å²) in [4.78, 5) is 22.0. The number of nitrogens with one attached hydrogen (secondary N) is 2. The highest BCUT2D eigenvalue weighted by molar-refractivity contribution is 6.30. The first kappa shape index (κ1) is 15.6. The van der Waals surface area contributed by atoms with Gasteiger partial charge in [0.05, 0.1) is 11.3 Å². The fourth-order valence-electron chi connectivity index (χ4n) is 1.17. The molecule has 0 radical (unpaired) electrons. The second-order valence-electron chi connectivity index (χ2n) is 3.32. The summed E-state index contributed by atoms with van der Waals surface area (Å²) in [5.41, 5.74) is -1.63. The lowest BCUT2D eigenvalue weighted by atomic mass is 10.1. The summed E-state index contributed by atoms with van der Waals surface area (Å²) in [5.74, 6) is -1.32. The summed E-state index contributed by atoms with van der Waals surface area (Å²) in [5, 5.41) is 3.52. The fourth-order valence-corrected chi connectivity index (χ4v) is 1.41. The normalized spacial score (nSPS) is 11.0. The van der Waals surface area contributed by atoms with Gasteiger partial charge in [0.1, 0.15) is 5.88 Å². The Hall–Kier alpha value is -1.47. The smallest absolute Gasteiger partial charge is 0.307 e. The van der Waals surface area contributed by atoms with Gasteiger partial charge in [-0.2, -0.15) is 13.2 Å². The van der Waals surface area contributed by atoms with Gasteiger partial charge in [-0.05, 0) is 18.2 Å². The highest BCUT2D eigenvalue weighted by Crippen LogP contribution is 2.36. The van der Waals surface area contributed by atoms with E-state index in [1.54, 1.807) is 5.32 Å². The van der Waals surface area contributed by atoms with Gasteiger partial charge < -0.3 is 5.32 Å². The molecule has 0 atom stereocenters. The van der Waals surface area contributed by atoms with Gasteiger partial charge in [-0.3, -0.25) is 10.1 Å². The minimum Gasteiger partial charge on any atom is -0.307 e. The lowest BCUT2D eigenvalue weighted by Gasteiger charge is -2.14. The van der Waals surface area contributed by atoms with Gasteiger partial charge in [-0.1, -0.05) is 11.6 Å². The Kier molecular flexibility index (Phi) is 5.02. The van der Waals surface area contributed by atoms with Crippen molar-refractivity contribution in [1.29, 1.82) is 0 Å². The summed E-state index contributed by atoms with van der Waals surface area (Å²) >= 11 is 10.6. The van der Waals surface area contributed by atoms with Crippen molar-refractivity contribution in [2.24, 2.45) is 0 Å². The van der Waals surface area contributed by atoms with E-state index in [2.05, 4.69) is 0 Å². The summed E-state index contributed by atoms with van der Waals surface area (Å²) in [7, 11) is 0. The standard InChI is InChI=1S/C10H7Cl2F3N2O2/c11-4-8(18)17-9(19)16-7-2-1-5(12)3-6(7)10(13,14)15/h1-3H,4H2,(H2,16,17,18,19). The van der Waals surface area contributed by atoms with Crippen molar-refractivity contribution >= 4 is 40.8 Å². The number of halogens is 5. The van der Waals surface area contributed by atoms with Crippen molar-refractivity contribution in [3.63, 3.8) is 0 Å². The molecular formula is C10H7Cl2F3N2O2. The molecule has 0 aliphatic rings. The summed E-state index contributed by atoms with van der Waals surface area (Å²) in [6.45, 7) is 0. The first-order chi connectivity index (χ1) is 8.74. The van der Waals surface area contributed by atoms with Crippen molar-refractivity contribution in [1.82, 2.24) is 5.32 Å². The van der Waals surface area contributed by atoms with Crippen LogP contribution in [0.2, 0.25) is 5.02 Å². The van der Waals surface area contributed by atoms with Gasteiger partial charge in [-0.15, -0.1) is 11.6 Å². The third-order valence-electron chi connectivity index (χ3n) is 1.91. The van der Waals surface area contributed by atoms with Crippen LogP contribution in [0.1, 0.15) is 5.56 Å². The number of carbonyl (C=O) groups excluding carboxylic acids is 2. The zero-order valence-electron chi connectivity index (χ0n) is 9.15. The topological polar surface area (TPSA) is 58.2 Å². The molecule has 0 saturated heterocycles. The maximum Gasteiger partial charge on any atom is 0.418 e. The number of urea groups is 1. The molecule has 2 N–H and O–H groups in total. The van der Waals surface area contributed by atoms with Crippen LogP contribution < -0.4 is 10.6 Å². The van der Waals surface area contributed by atoms with Crippen LogP contribution in [0.4, 0.5) is 23.7 Å². The predicted octanol–water partition coefficient (Wildman–Crippen LogP) is 3.25. The first-order valence-electron chi connectivity index (χ1n) is 4.77. The highest BCUT2D eigenvalue weighted by atomic mass is 35.5. The van der Waals surface area contributed by atoms with Gasteiger partial charge in [0.25, 0.3) is 0 Å². The van der Waals surface area contributed by atoms with Crippen LogP contribution in [0, 0.1) is 0 Å². The number of alkyl halides is 4. The lowest BCUT2D eigenvalue weighted by Crippen LogP contribution is -2.35. The van der Waals surface area contributed by atoms with Gasteiger partial charge >= 0.3 is 12.2 Å². The Morgan fingerprint density at radius 1 is 1.26 bits per heavy atom. The molecule has 4 nitrogen and oxygen atoms in total. The van der Waals surface area contributed by atoms with Crippen LogP contribution in [0.15, 0.2) is 18.2 Å². The number of carbonyl (C=O) groups is 2. The fraction of sp³-hybridized carbons (Fsp3) is 0.200. The van der Waals surface area contributed by atoms with Crippen molar-refractivity contribution in [2.75, 3.05) is 11.2 Å². The molecule has 0 heterocycles. The molecule has 0 saturated carbocycles. The second-order valence-corrected chi connectivity index (χ2v) is 4.03. The van der Waals surface area contributed by atoms with Crippen LogP contribution in [0.3, 0.4) is 0 Å². The van der Waals surface area contributed by atoms with E-state index in [1.807, 2.05) is 5.32 Å². The van der Waals surface area contributed by atoms with E-state index in [9.17, 15) is 22.8 Å². The van der Waals surface area contributed by atoms with Crippen LogP contribution in [-0.4, -0.2) is 17.8 Å². The molecular weight excluding hydrogens is 308 g/mol. The zero-order chi connectivity index (χ0) is 14.6. The monoisotopic (exact) mass is 314 g/mol. The summed E-state index contributed by atoms with van der Waals surface area (Å²) in [6, 6.07) is 1.71. The SMILES string of the molecule is O=C(CCl)NC(=O)Nc1ccc(Cl)cc1C(F)(F)F. The Balaban J connectivity index is 2.95. The van der Waals surface area contributed by atoms with Gasteiger partial charge in [-0.25, -0.2) is 4.79 Å². The molecule has 0 aliphatic heterocycles. The average Bonchev–Trinajstić information content (AvgIpc) is 2.29. The minimum atomic E-state index is -4.69. The largest absolute Gasteiger partial charge is 0.418 e. The van der Waals surface area contributed by atoms with E-state index in [4.69, 9.17) is 23.2 Å². The Morgan fingerprint density at radius 2 is 1.89 bits per heavy atom. The maximum absolute atomic E-state index is 12.7. The average molecular weight is 315 g/mol. The van der Waals surface area contributed by atoms with Crippen LogP contribution in [0.25, 0.3) is 0 Å². The van der Waals surface area contributed by atoms with Crippen LogP contribution in [-0.2, 0) is 11.0 Å². The van der Waals surface area contributed by atoms with E-state index in [1.165, 1.54) is 6.07 Å². The number of rotatable bonds is 2. The van der Waals surface area contributed by atoms with E-state index in [0.29, 0.717) is 6.07 Å². The number of amides is 3. The van der Waals surface area contributed by atoms with Crippen molar-refractivity contribution in [2.45, 2.75) is 6.18 Å². The summed E-state index contributed by atoms with van der Waals surface area (Å²) < 4.78 is 38.1. The van der Waals surface area contributed by atoms with Crippen LogP contribution in [0.5, 0.6) is 0 Å². The number of imide groups is 1. The quantitative estimate of drug-likeness (QED) is 0.823. The van der Waals surface area contributed by atoms with Gasteiger partial charge in [0, 0.05) is 5.02 Å². The first-order valence-corrected chi connectivity index (χ1v) is 5.69. The van der Waals surface area contributed by atoms with E-state index in [0.717, 1.165) is 6.07 Å². The Bertz CT molecular complexity index is 506. The molecule has 1 rings (SSSR count). The number of hydrogen-bond donors (Lipinski definition) is 2. The molecule has 0 aromatic heterocycles. The number of anilines is 1. The molecule has 104 valence electrons. The highest BCUT2D eigenvalue weighted by Gasteiger charge is 2.34. The molecule has 0 fully saturated rings. The molecule has 0 unspecified atom stereocenters. The zero-order valence-corrected chi connectivity index (χ0v) is 10.7. The third kappa shape index (κ3) is 4.60. The van der Waals surface area contributed by atoms with E-state index in [-0.39, 0.29) is 5.02 Å². The molecule has 3 amide bonds. The van der Waals surface area contributed by atoms with Gasteiger partial charge in [0.15, 0.2) is 0 Å². The van der Waals surface area contributed by atoms with E-state index >= 15 is 0 Å². The summed E-state index contributed by atoms with van der Waals surface area (Å²) in [6.07, 6.45) is -4.69. The molecule has 1 aromatic carbocycles. The van der Waals surface area contributed by atoms with Crippen LogP contribution >= 0.6 is 23.2 Å². The van der Waals surface area contributed by atoms with Crippen molar-refractivity contribution in [3.05, 3.63) is 28.8 Å². The Morgan fingerprint density at radius 3 is 2.42 bits per heavy atom. The molecule has 0 bridgehead atoms. The minimum absolute atomic E-state index is 0.130. The third-order valence-corrected chi connectivity index (χ3v) is 2.39. The Labute approximate surface area is 115 Å². The number of benzene rings is 1. The molecule has 19 heavy (non-hydrogen) atoms. The molecule has 9 heteroatoms. The van der Waals surface area contributed by atoms with Gasteiger partial charge in [0.2, 0.25) is 5.91 Å². The second kappa shape index (κ2) is 6.12. The van der Waals surface area contributed by atoms with E-state index < -0.39 is 35.2 Å². The van der Waals surface area contributed by atoms with Crippen molar-refractivity contribution < 1.29 is 22.8 Å². The molecule has 1 aromatic rings. The van der Waals surface area contributed by atoms with Crippen molar-refractivity contribution in [3.8, 4) is 0 Å². The maximum atomic E-state index is 12.7. The predicted molar refractivity (Wildman–Crippen MR) is 64.3 cm³/mol. The molecule has 0 spiro atoms.